The molecule has 0 aromatic heterocycles. The first-order valence-electron chi connectivity index (χ1n) is 10.5. The van der Waals surface area contributed by atoms with Crippen molar-refractivity contribution >= 4 is 5.97 Å². The second kappa shape index (κ2) is 7.05. The van der Waals surface area contributed by atoms with E-state index in [-0.39, 0.29) is 34.7 Å². The van der Waals surface area contributed by atoms with Crippen LogP contribution in [0.1, 0.15) is 47.0 Å². The molecule has 3 fully saturated rings. The van der Waals surface area contributed by atoms with Crippen LogP contribution >= 0.6 is 0 Å². The topological polar surface area (TPSA) is 88.5 Å². The van der Waals surface area contributed by atoms with E-state index in [2.05, 4.69) is 26.8 Å². The monoisotopic (exact) mass is 404 g/mol. The number of aliphatic hydroxyl groups excluding tert-OH is 2. The first kappa shape index (κ1) is 20.8. The molecule has 4 rings (SSSR count). The van der Waals surface area contributed by atoms with Crippen molar-refractivity contribution in [2.24, 2.45) is 10.8 Å². The van der Waals surface area contributed by atoms with Crippen molar-refractivity contribution in [3.05, 3.63) is 36.0 Å². The second-order valence-electron chi connectivity index (χ2n) is 9.49. The SMILES string of the molecule is CC1=C[C@H]2O[C@@H]3C[C@@H](OC(=O)/C=C\C=C\[C@H](O)[C@@H](C)O)[C@@](C)(C34CO4)[C@@]2(C)CC1. The van der Waals surface area contributed by atoms with Crippen molar-refractivity contribution in [2.75, 3.05) is 6.61 Å². The molecule has 0 aromatic rings. The molecular formula is C23H32O6. The lowest BCUT2D eigenvalue weighted by Gasteiger charge is -2.57. The largest absolute Gasteiger partial charge is 0.458 e. The maximum Gasteiger partial charge on any atom is 0.331 e. The van der Waals surface area contributed by atoms with Crippen LogP contribution in [0, 0.1) is 10.8 Å². The summed E-state index contributed by atoms with van der Waals surface area (Å²) in [6.07, 6.45) is 8.59. The zero-order chi connectivity index (χ0) is 21.0. The van der Waals surface area contributed by atoms with E-state index in [0.717, 1.165) is 12.8 Å². The van der Waals surface area contributed by atoms with Crippen molar-refractivity contribution < 1.29 is 29.2 Å². The summed E-state index contributed by atoms with van der Waals surface area (Å²) in [5.41, 5.74) is 0.525. The Morgan fingerprint density at radius 3 is 2.72 bits per heavy atom. The minimum Gasteiger partial charge on any atom is -0.458 e. The van der Waals surface area contributed by atoms with Gasteiger partial charge in [0.1, 0.15) is 11.7 Å². The van der Waals surface area contributed by atoms with Crippen LogP contribution in [0.2, 0.25) is 0 Å². The van der Waals surface area contributed by atoms with Crippen LogP contribution in [0.4, 0.5) is 0 Å². The van der Waals surface area contributed by atoms with Crippen molar-refractivity contribution in [2.45, 2.75) is 83.1 Å². The van der Waals surface area contributed by atoms with Crippen LogP contribution in [0.3, 0.4) is 0 Å². The summed E-state index contributed by atoms with van der Waals surface area (Å²) >= 11 is 0. The fraction of sp³-hybridized carbons (Fsp3) is 0.696. The van der Waals surface area contributed by atoms with Crippen molar-refractivity contribution in [3.63, 3.8) is 0 Å². The van der Waals surface area contributed by atoms with Crippen LogP contribution in [0.15, 0.2) is 36.0 Å². The Morgan fingerprint density at radius 2 is 2.07 bits per heavy atom. The van der Waals surface area contributed by atoms with Gasteiger partial charge in [-0.2, -0.15) is 0 Å². The number of hydrogen-bond acceptors (Lipinski definition) is 6. The molecule has 0 amide bonds. The Labute approximate surface area is 172 Å². The quantitative estimate of drug-likeness (QED) is 0.241. The molecule has 160 valence electrons. The Kier molecular flexibility index (Phi) is 5.05. The molecule has 29 heavy (non-hydrogen) atoms. The third-order valence-electron chi connectivity index (χ3n) is 7.93. The van der Waals surface area contributed by atoms with Gasteiger partial charge in [-0.15, -0.1) is 0 Å². The molecule has 2 heterocycles. The molecule has 2 aliphatic carbocycles. The van der Waals surface area contributed by atoms with Gasteiger partial charge in [-0.1, -0.05) is 43.7 Å². The van der Waals surface area contributed by atoms with E-state index in [1.165, 1.54) is 36.8 Å². The zero-order valence-electron chi connectivity index (χ0n) is 17.6. The molecule has 1 saturated carbocycles. The number of ether oxygens (including phenoxy) is 3. The highest BCUT2D eigenvalue weighted by Gasteiger charge is 2.81. The lowest BCUT2D eigenvalue weighted by atomic mass is 9.52. The Morgan fingerprint density at radius 1 is 1.34 bits per heavy atom. The molecule has 2 saturated heterocycles. The molecule has 1 spiro atoms. The summed E-state index contributed by atoms with van der Waals surface area (Å²) in [6, 6.07) is 0. The zero-order valence-corrected chi connectivity index (χ0v) is 17.6. The number of esters is 1. The first-order chi connectivity index (χ1) is 13.6. The number of rotatable bonds is 5. The second-order valence-corrected chi connectivity index (χ2v) is 9.49. The van der Waals surface area contributed by atoms with Gasteiger partial charge in [-0.05, 0) is 26.7 Å². The molecule has 0 aromatic carbocycles. The molecule has 4 aliphatic rings. The Bertz CT molecular complexity index is 763. The minimum absolute atomic E-state index is 0.0187. The molecule has 6 heteroatoms. The van der Waals surface area contributed by atoms with Gasteiger partial charge in [0.15, 0.2) is 0 Å². The van der Waals surface area contributed by atoms with E-state index < -0.39 is 18.2 Å². The van der Waals surface area contributed by atoms with E-state index >= 15 is 0 Å². The van der Waals surface area contributed by atoms with Gasteiger partial charge >= 0.3 is 5.97 Å². The smallest absolute Gasteiger partial charge is 0.331 e. The number of carbonyl (C=O) groups is 1. The van der Waals surface area contributed by atoms with Crippen molar-refractivity contribution in [1.29, 1.82) is 0 Å². The van der Waals surface area contributed by atoms with E-state index in [0.29, 0.717) is 13.0 Å². The predicted molar refractivity (Wildman–Crippen MR) is 107 cm³/mol. The van der Waals surface area contributed by atoms with Crippen LogP contribution in [-0.2, 0) is 19.0 Å². The van der Waals surface area contributed by atoms with Crippen LogP contribution in [-0.4, -0.2) is 58.9 Å². The van der Waals surface area contributed by atoms with Crippen LogP contribution < -0.4 is 0 Å². The van der Waals surface area contributed by atoms with Gasteiger partial charge in [-0.3, -0.25) is 0 Å². The number of carbonyl (C=O) groups excluding carboxylic acids is 1. The highest BCUT2D eigenvalue weighted by molar-refractivity contribution is 5.82. The summed E-state index contributed by atoms with van der Waals surface area (Å²) in [4.78, 5) is 12.5. The van der Waals surface area contributed by atoms with Gasteiger partial charge in [0, 0.05) is 23.3 Å². The standard InChI is InChI=1S/C23H32O6/c1-14-9-10-21(3)17(11-14)28-19-12-18(22(21,4)23(19)13-27-23)29-20(26)8-6-5-7-16(25)15(2)24/h5-8,11,15-19,24-25H,9-10,12-13H2,1-4H3/b7-5+,8-6-/t15-,16+,17-,18-,19-,21+,22-,23?/m1/s1. The summed E-state index contributed by atoms with van der Waals surface area (Å²) in [5, 5.41) is 18.8. The van der Waals surface area contributed by atoms with Gasteiger partial charge in [0.2, 0.25) is 0 Å². The highest BCUT2D eigenvalue weighted by atomic mass is 16.6. The fourth-order valence-electron chi connectivity index (χ4n) is 5.67. The third-order valence-corrected chi connectivity index (χ3v) is 7.93. The molecule has 6 nitrogen and oxygen atoms in total. The fourth-order valence-corrected chi connectivity index (χ4v) is 5.67. The summed E-state index contributed by atoms with van der Waals surface area (Å²) in [6.45, 7) is 8.77. The van der Waals surface area contributed by atoms with Gasteiger partial charge < -0.3 is 24.4 Å². The van der Waals surface area contributed by atoms with Gasteiger partial charge in [-0.25, -0.2) is 4.79 Å². The van der Waals surface area contributed by atoms with Crippen LogP contribution in [0.5, 0.6) is 0 Å². The van der Waals surface area contributed by atoms with Crippen LogP contribution in [0.25, 0.3) is 0 Å². The van der Waals surface area contributed by atoms with E-state index in [4.69, 9.17) is 14.2 Å². The van der Waals surface area contributed by atoms with Gasteiger partial charge in [0.25, 0.3) is 0 Å². The lowest BCUT2D eigenvalue weighted by Crippen LogP contribution is -2.63. The van der Waals surface area contributed by atoms with E-state index in [9.17, 15) is 15.0 Å². The average Bonchev–Trinajstić information content (AvgIpc) is 3.43. The first-order valence-corrected chi connectivity index (χ1v) is 10.5. The lowest BCUT2D eigenvalue weighted by molar-refractivity contribution is -0.209. The third kappa shape index (κ3) is 3.03. The maximum atomic E-state index is 12.5. The molecule has 1 unspecified atom stereocenters. The molecule has 2 N–H and O–H groups in total. The predicted octanol–water partition coefficient (Wildman–Crippen LogP) is 2.45. The number of aliphatic hydroxyl groups is 2. The minimum atomic E-state index is -0.965. The average molecular weight is 405 g/mol. The molecule has 2 aliphatic heterocycles. The maximum absolute atomic E-state index is 12.5. The van der Waals surface area contributed by atoms with E-state index in [1.54, 1.807) is 0 Å². The highest BCUT2D eigenvalue weighted by Crippen LogP contribution is 2.71. The van der Waals surface area contributed by atoms with Crippen molar-refractivity contribution in [3.8, 4) is 0 Å². The Balaban J connectivity index is 1.52. The molecular weight excluding hydrogens is 372 g/mol. The summed E-state index contributed by atoms with van der Waals surface area (Å²) in [7, 11) is 0. The summed E-state index contributed by atoms with van der Waals surface area (Å²) in [5.74, 6) is -0.418. The number of fused-ring (bicyclic) bond motifs is 2. The molecule has 2 bridgehead atoms. The molecule has 8 atom stereocenters. The normalized spacial score (nSPS) is 45.3. The van der Waals surface area contributed by atoms with E-state index in [1.807, 2.05) is 0 Å². The van der Waals surface area contributed by atoms with Crippen molar-refractivity contribution in [1.82, 2.24) is 0 Å². The van der Waals surface area contributed by atoms with Gasteiger partial charge in [0.05, 0.1) is 31.0 Å². The number of allylic oxidation sites excluding steroid dienone is 3. The Hall–Kier alpha value is -1.47. The number of hydrogen-bond donors (Lipinski definition) is 2. The molecule has 0 radical (unpaired) electrons. The summed E-state index contributed by atoms with van der Waals surface area (Å²) < 4.78 is 18.4. The number of epoxide rings is 1.